The van der Waals surface area contributed by atoms with Crippen molar-refractivity contribution in [2.75, 3.05) is 11.5 Å². The molecule has 0 aliphatic carbocycles. The number of carboxylic acids is 1. The Hall–Kier alpha value is -0.440. The maximum atomic E-state index is 10.2. The molecule has 0 fully saturated rings. The summed E-state index contributed by atoms with van der Waals surface area (Å²) >= 11 is 1.73. The van der Waals surface area contributed by atoms with Crippen LogP contribution in [0.5, 0.6) is 0 Å². The van der Waals surface area contributed by atoms with E-state index in [-0.39, 0.29) is 0 Å². The van der Waals surface area contributed by atoms with Gasteiger partial charge in [-0.15, -0.1) is 0 Å². The fourth-order valence-corrected chi connectivity index (χ4v) is 1.13. The predicted molar refractivity (Wildman–Crippen MR) is 44.4 cm³/mol. The van der Waals surface area contributed by atoms with Gasteiger partial charge in [-0.05, 0) is 17.9 Å². The molecular formula is C7H12O2S. The first-order valence-corrected chi connectivity index (χ1v) is 4.32. The lowest BCUT2D eigenvalue weighted by Crippen LogP contribution is -1.99. The average Bonchev–Trinajstić information content (AvgIpc) is 1.88. The molecule has 0 saturated heterocycles. The molecule has 0 aliphatic heterocycles. The molecule has 0 amide bonds. The van der Waals surface area contributed by atoms with Gasteiger partial charge in [0.2, 0.25) is 0 Å². The van der Waals surface area contributed by atoms with Crippen LogP contribution >= 0.6 is 11.8 Å². The van der Waals surface area contributed by atoms with E-state index in [2.05, 4.69) is 6.58 Å². The zero-order valence-corrected chi connectivity index (χ0v) is 6.91. The number of aliphatic carboxylic acids is 1. The molecule has 0 aliphatic rings. The lowest BCUT2D eigenvalue weighted by atomic mass is 10.2. The molecular weight excluding hydrogens is 148 g/mol. The highest BCUT2D eigenvalue weighted by molar-refractivity contribution is 7.99. The third kappa shape index (κ3) is 4.44. The van der Waals surface area contributed by atoms with Crippen LogP contribution in [-0.4, -0.2) is 22.6 Å². The molecule has 3 heteroatoms. The SMILES string of the molecule is C=C(CCSCC)C(=O)O. The van der Waals surface area contributed by atoms with Crippen molar-refractivity contribution in [1.29, 1.82) is 0 Å². The third-order valence-corrected chi connectivity index (χ3v) is 1.96. The normalized spacial score (nSPS) is 9.30. The molecule has 58 valence electrons. The van der Waals surface area contributed by atoms with Gasteiger partial charge in [-0.25, -0.2) is 4.79 Å². The van der Waals surface area contributed by atoms with E-state index in [0.717, 1.165) is 11.5 Å². The molecule has 0 aromatic heterocycles. The second kappa shape index (κ2) is 5.35. The van der Waals surface area contributed by atoms with Gasteiger partial charge in [0.25, 0.3) is 0 Å². The quantitative estimate of drug-likeness (QED) is 0.492. The summed E-state index contributed by atoms with van der Waals surface area (Å²) in [6.07, 6.45) is 0.591. The summed E-state index contributed by atoms with van der Waals surface area (Å²) in [5, 5.41) is 8.37. The minimum absolute atomic E-state index is 0.306. The van der Waals surface area contributed by atoms with Crippen molar-refractivity contribution < 1.29 is 9.90 Å². The Morgan fingerprint density at radius 2 is 2.30 bits per heavy atom. The van der Waals surface area contributed by atoms with E-state index in [9.17, 15) is 4.79 Å². The van der Waals surface area contributed by atoms with Gasteiger partial charge >= 0.3 is 5.97 Å². The largest absolute Gasteiger partial charge is 0.478 e. The van der Waals surface area contributed by atoms with Crippen molar-refractivity contribution in [1.82, 2.24) is 0 Å². The van der Waals surface area contributed by atoms with Crippen molar-refractivity contribution in [3.63, 3.8) is 0 Å². The molecule has 0 saturated carbocycles. The Morgan fingerprint density at radius 1 is 1.70 bits per heavy atom. The lowest BCUT2D eigenvalue weighted by Gasteiger charge is -1.97. The van der Waals surface area contributed by atoms with E-state index in [1.54, 1.807) is 11.8 Å². The van der Waals surface area contributed by atoms with Gasteiger partial charge < -0.3 is 5.11 Å². The van der Waals surface area contributed by atoms with Crippen molar-refractivity contribution in [3.05, 3.63) is 12.2 Å². The van der Waals surface area contributed by atoms with Crippen molar-refractivity contribution >= 4 is 17.7 Å². The Bertz CT molecular complexity index is 132. The zero-order valence-electron chi connectivity index (χ0n) is 6.09. The zero-order chi connectivity index (χ0) is 7.98. The highest BCUT2D eigenvalue weighted by Gasteiger charge is 2.01. The summed E-state index contributed by atoms with van der Waals surface area (Å²) < 4.78 is 0. The van der Waals surface area contributed by atoms with Crippen molar-refractivity contribution in [2.45, 2.75) is 13.3 Å². The molecule has 0 aromatic carbocycles. The summed E-state index contributed by atoms with van der Waals surface area (Å²) in [5.74, 6) is 1.02. The van der Waals surface area contributed by atoms with Crippen molar-refractivity contribution in [3.8, 4) is 0 Å². The molecule has 0 bridgehead atoms. The maximum Gasteiger partial charge on any atom is 0.330 e. The first kappa shape index (κ1) is 9.56. The second-order valence-corrected chi connectivity index (χ2v) is 3.25. The number of carboxylic acid groups (broad SMARTS) is 1. The van der Waals surface area contributed by atoms with E-state index < -0.39 is 5.97 Å². The number of rotatable bonds is 5. The number of hydrogen-bond donors (Lipinski definition) is 1. The van der Waals surface area contributed by atoms with Crippen LogP contribution in [0.2, 0.25) is 0 Å². The lowest BCUT2D eigenvalue weighted by molar-refractivity contribution is -0.132. The minimum atomic E-state index is -0.878. The number of thioether (sulfide) groups is 1. The van der Waals surface area contributed by atoms with Crippen LogP contribution in [0.15, 0.2) is 12.2 Å². The number of carbonyl (C=O) groups is 1. The molecule has 0 radical (unpaired) electrons. The van der Waals surface area contributed by atoms with Crippen LogP contribution in [0, 0.1) is 0 Å². The van der Waals surface area contributed by atoms with Gasteiger partial charge in [0.15, 0.2) is 0 Å². The van der Waals surface area contributed by atoms with Crippen LogP contribution < -0.4 is 0 Å². The summed E-state index contributed by atoms with van der Waals surface area (Å²) in [6, 6.07) is 0. The first-order chi connectivity index (χ1) is 4.68. The van der Waals surface area contributed by atoms with E-state index in [0.29, 0.717) is 12.0 Å². The summed E-state index contributed by atoms with van der Waals surface area (Å²) in [5.41, 5.74) is 0.306. The molecule has 1 N–H and O–H groups in total. The molecule has 0 heterocycles. The van der Waals surface area contributed by atoms with Gasteiger partial charge in [-0.3, -0.25) is 0 Å². The molecule has 0 atom stereocenters. The second-order valence-electron chi connectivity index (χ2n) is 1.86. The number of hydrogen-bond acceptors (Lipinski definition) is 2. The first-order valence-electron chi connectivity index (χ1n) is 3.17. The Labute approximate surface area is 65.3 Å². The van der Waals surface area contributed by atoms with E-state index in [4.69, 9.17) is 5.11 Å². The van der Waals surface area contributed by atoms with E-state index in [1.807, 2.05) is 6.92 Å². The summed E-state index contributed by atoms with van der Waals surface area (Å²) in [6.45, 7) is 5.46. The molecule has 2 nitrogen and oxygen atoms in total. The smallest absolute Gasteiger partial charge is 0.330 e. The van der Waals surface area contributed by atoms with Crippen LogP contribution in [0.1, 0.15) is 13.3 Å². The van der Waals surface area contributed by atoms with Crippen LogP contribution in [0.3, 0.4) is 0 Å². The summed E-state index contributed by atoms with van der Waals surface area (Å²) in [7, 11) is 0. The van der Waals surface area contributed by atoms with Gasteiger partial charge in [0.05, 0.1) is 0 Å². The van der Waals surface area contributed by atoms with Gasteiger partial charge in [0, 0.05) is 5.57 Å². The molecule has 0 rings (SSSR count). The van der Waals surface area contributed by atoms with E-state index in [1.165, 1.54) is 0 Å². The van der Waals surface area contributed by atoms with Gasteiger partial charge in [0.1, 0.15) is 0 Å². The summed E-state index contributed by atoms with van der Waals surface area (Å²) in [4.78, 5) is 10.2. The fraction of sp³-hybridized carbons (Fsp3) is 0.571. The van der Waals surface area contributed by atoms with Gasteiger partial charge in [-0.1, -0.05) is 13.5 Å². The maximum absolute atomic E-state index is 10.2. The molecule has 0 aromatic rings. The highest BCUT2D eigenvalue weighted by Crippen LogP contribution is 2.06. The van der Waals surface area contributed by atoms with Gasteiger partial charge in [-0.2, -0.15) is 11.8 Å². The van der Waals surface area contributed by atoms with Crippen LogP contribution in [0.25, 0.3) is 0 Å². The molecule has 0 unspecified atom stereocenters. The third-order valence-electron chi connectivity index (χ3n) is 1.05. The topological polar surface area (TPSA) is 37.3 Å². The van der Waals surface area contributed by atoms with E-state index >= 15 is 0 Å². The van der Waals surface area contributed by atoms with Crippen LogP contribution in [-0.2, 0) is 4.79 Å². The molecule has 10 heavy (non-hydrogen) atoms. The minimum Gasteiger partial charge on any atom is -0.478 e. The monoisotopic (exact) mass is 160 g/mol. The fourth-order valence-electron chi connectivity index (χ4n) is 0.447. The average molecular weight is 160 g/mol. The Balaban J connectivity index is 3.31. The predicted octanol–water partition coefficient (Wildman–Crippen LogP) is 1.77. The van der Waals surface area contributed by atoms with Crippen molar-refractivity contribution in [2.24, 2.45) is 0 Å². The highest BCUT2D eigenvalue weighted by atomic mass is 32.2. The van der Waals surface area contributed by atoms with Crippen LogP contribution in [0.4, 0.5) is 0 Å². The molecule has 0 spiro atoms. The Kier molecular flexibility index (Phi) is 5.12. The standard InChI is InChI=1S/C7H12O2S/c1-3-10-5-4-6(2)7(8)9/h2-5H2,1H3,(H,8,9). The Morgan fingerprint density at radius 3 is 2.70 bits per heavy atom.